The lowest BCUT2D eigenvalue weighted by molar-refractivity contribution is -0.146. The van der Waals surface area contributed by atoms with Gasteiger partial charge in [-0.2, -0.15) is 0 Å². The van der Waals surface area contributed by atoms with E-state index in [0.717, 1.165) is 70.1 Å². The fourth-order valence-corrected chi connectivity index (χ4v) is 5.83. The number of amides is 1. The van der Waals surface area contributed by atoms with E-state index in [-0.39, 0.29) is 35.0 Å². The standard InChI is InChI=1S/C37H45NO7/c1-42-36(40)29-16-11-18-31(25-29)38-35(39)33-26-30(37(41)43-2)21-22-34(33)45-24-12-17-28-15-9-8-14-27(28)13-5-4-10-23-44-32-19-6-3-7-20-32/h3,6-9,14-15,19-22,26,29,31H,4-5,10-13,16-18,23-25H2,1-2H3,(H,38,39). The minimum Gasteiger partial charge on any atom is -0.494 e. The summed E-state index contributed by atoms with van der Waals surface area (Å²) in [7, 11) is 2.69. The molecule has 2 unspecified atom stereocenters. The highest BCUT2D eigenvalue weighted by Crippen LogP contribution is 2.27. The Bertz CT molecular complexity index is 1390. The zero-order chi connectivity index (χ0) is 31.9. The number of unbranched alkanes of at least 4 members (excludes halogenated alkanes) is 2. The minimum atomic E-state index is -0.528. The maximum absolute atomic E-state index is 13.4. The molecular weight excluding hydrogens is 570 g/mol. The molecule has 0 aromatic heterocycles. The highest BCUT2D eigenvalue weighted by Gasteiger charge is 2.29. The summed E-state index contributed by atoms with van der Waals surface area (Å²) in [6.07, 6.45) is 8.70. The van der Waals surface area contributed by atoms with Gasteiger partial charge in [0.25, 0.3) is 5.91 Å². The molecule has 240 valence electrons. The van der Waals surface area contributed by atoms with Gasteiger partial charge in [-0.1, -0.05) is 48.9 Å². The monoisotopic (exact) mass is 615 g/mol. The predicted octanol–water partition coefficient (Wildman–Crippen LogP) is 6.74. The Morgan fingerprint density at radius 2 is 1.47 bits per heavy atom. The van der Waals surface area contributed by atoms with Gasteiger partial charge in [0.05, 0.1) is 44.5 Å². The van der Waals surface area contributed by atoms with Gasteiger partial charge in [0.2, 0.25) is 0 Å². The zero-order valence-corrected chi connectivity index (χ0v) is 26.4. The summed E-state index contributed by atoms with van der Waals surface area (Å²) in [5, 5.41) is 3.05. The number of hydrogen-bond acceptors (Lipinski definition) is 7. The van der Waals surface area contributed by atoms with Crippen LogP contribution in [0, 0.1) is 5.92 Å². The molecule has 0 radical (unpaired) electrons. The van der Waals surface area contributed by atoms with E-state index in [1.165, 1.54) is 31.4 Å². The molecule has 3 aromatic carbocycles. The normalized spacial score (nSPS) is 16.0. The number of carbonyl (C=O) groups is 3. The van der Waals surface area contributed by atoms with Crippen LogP contribution >= 0.6 is 0 Å². The van der Waals surface area contributed by atoms with Crippen molar-refractivity contribution < 1.29 is 33.3 Å². The maximum atomic E-state index is 13.4. The summed E-state index contributed by atoms with van der Waals surface area (Å²) in [6, 6.07) is 23.0. The van der Waals surface area contributed by atoms with Gasteiger partial charge in [0.1, 0.15) is 11.5 Å². The molecule has 0 bridgehead atoms. The number of ether oxygens (including phenoxy) is 4. The third kappa shape index (κ3) is 10.4. The largest absolute Gasteiger partial charge is 0.494 e. The van der Waals surface area contributed by atoms with Gasteiger partial charge in [-0.05, 0) is 99.2 Å². The van der Waals surface area contributed by atoms with Crippen molar-refractivity contribution in [3.63, 3.8) is 0 Å². The molecule has 3 aromatic rings. The van der Waals surface area contributed by atoms with Crippen LogP contribution in [0.3, 0.4) is 0 Å². The van der Waals surface area contributed by atoms with Crippen LogP contribution in [-0.4, -0.2) is 51.3 Å². The number of aryl methyl sites for hydroxylation is 2. The first kappa shape index (κ1) is 33.6. The molecule has 0 aliphatic heterocycles. The lowest BCUT2D eigenvalue weighted by Crippen LogP contribution is -2.40. The highest BCUT2D eigenvalue weighted by molar-refractivity contribution is 6.00. The number of benzene rings is 3. The first-order valence-electron chi connectivity index (χ1n) is 16.0. The van der Waals surface area contributed by atoms with Crippen molar-refractivity contribution in [3.05, 3.63) is 95.1 Å². The Labute approximate surface area is 266 Å². The molecule has 0 spiro atoms. The van der Waals surface area contributed by atoms with E-state index in [0.29, 0.717) is 18.8 Å². The van der Waals surface area contributed by atoms with Gasteiger partial charge in [-0.15, -0.1) is 0 Å². The SMILES string of the molecule is COC(=O)c1ccc(OCCCc2ccccc2CCCCCOc2ccccc2)c(C(=O)NC2CCCC(C(=O)OC)C2)c1. The third-order valence-electron chi connectivity index (χ3n) is 8.26. The van der Waals surface area contributed by atoms with Gasteiger partial charge in [0.15, 0.2) is 0 Å². The van der Waals surface area contributed by atoms with E-state index in [9.17, 15) is 14.4 Å². The molecule has 45 heavy (non-hydrogen) atoms. The molecule has 2 atom stereocenters. The Balaban J connectivity index is 1.29. The third-order valence-corrected chi connectivity index (χ3v) is 8.26. The Hall–Kier alpha value is -4.33. The molecule has 1 N–H and O–H groups in total. The van der Waals surface area contributed by atoms with Crippen LogP contribution in [0.1, 0.15) is 83.2 Å². The lowest BCUT2D eigenvalue weighted by atomic mass is 9.85. The van der Waals surface area contributed by atoms with Crippen molar-refractivity contribution in [3.8, 4) is 11.5 Å². The van der Waals surface area contributed by atoms with Crippen LogP contribution in [0.5, 0.6) is 11.5 Å². The predicted molar refractivity (Wildman–Crippen MR) is 173 cm³/mol. The van der Waals surface area contributed by atoms with Crippen molar-refractivity contribution >= 4 is 17.8 Å². The number of hydrogen-bond donors (Lipinski definition) is 1. The molecule has 0 heterocycles. The van der Waals surface area contributed by atoms with Gasteiger partial charge in [-0.3, -0.25) is 9.59 Å². The van der Waals surface area contributed by atoms with Gasteiger partial charge in [-0.25, -0.2) is 4.79 Å². The smallest absolute Gasteiger partial charge is 0.337 e. The number of rotatable bonds is 16. The number of esters is 2. The fraction of sp³-hybridized carbons (Fsp3) is 0.432. The second kappa shape index (κ2) is 17.8. The molecule has 1 amide bonds. The van der Waals surface area contributed by atoms with E-state index < -0.39 is 5.97 Å². The second-order valence-corrected chi connectivity index (χ2v) is 11.5. The molecule has 0 saturated heterocycles. The summed E-state index contributed by atoms with van der Waals surface area (Å²) >= 11 is 0. The molecule has 4 rings (SSSR count). The van der Waals surface area contributed by atoms with Crippen molar-refractivity contribution in [2.75, 3.05) is 27.4 Å². The number of para-hydroxylation sites is 1. The van der Waals surface area contributed by atoms with Crippen molar-refractivity contribution in [2.45, 2.75) is 70.3 Å². The van der Waals surface area contributed by atoms with Crippen molar-refractivity contribution in [1.82, 2.24) is 5.32 Å². The van der Waals surface area contributed by atoms with E-state index in [4.69, 9.17) is 18.9 Å². The Kier molecular flexibility index (Phi) is 13.3. The average Bonchev–Trinajstić information content (AvgIpc) is 3.08. The van der Waals surface area contributed by atoms with Gasteiger partial charge in [0, 0.05) is 6.04 Å². The van der Waals surface area contributed by atoms with E-state index >= 15 is 0 Å². The minimum absolute atomic E-state index is 0.169. The number of nitrogens with one attached hydrogen (secondary N) is 1. The number of methoxy groups -OCH3 is 2. The molecule has 1 fully saturated rings. The van der Waals surface area contributed by atoms with Crippen LogP contribution in [0.4, 0.5) is 0 Å². The first-order chi connectivity index (χ1) is 22.0. The zero-order valence-electron chi connectivity index (χ0n) is 26.4. The molecule has 1 saturated carbocycles. The van der Waals surface area contributed by atoms with E-state index in [1.807, 2.05) is 30.3 Å². The van der Waals surface area contributed by atoms with Crippen LogP contribution in [0.25, 0.3) is 0 Å². The van der Waals surface area contributed by atoms with Crippen molar-refractivity contribution in [1.29, 1.82) is 0 Å². The average molecular weight is 616 g/mol. The topological polar surface area (TPSA) is 100 Å². The summed E-state index contributed by atoms with van der Waals surface area (Å²) in [5.74, 6) is -0.0322. The molecule has 1 aliphatic rings. The van der Waals surface area contributed by atoms with E-state index in [1.54, 1.807) is 12.1 Å². The van der Waals surface area contributed by atoms with Crippen LogP contribution in [0.2, 0.25) is 0 Å². The maximum Gasteiger partial charge on any atom is 0.337 e. The first-order valence-corrected chi connectivity index (χ1v) is 16.0. The van der Waals surface area contributed by atoms with Crippen LogP contribution < -0.4 is 14.8 Å². The summed E-state index contributed by atoms with van der Waals surface area (Å²) in [5.41, 5.74) is 3.20. The Morgan fingerprint density at radius 1 is 0.756 bits per heavy atom. The molecule has 1 aliphatic carbocycles. The lowest BCUT2D eigenvalue weighted by Gasteiger charge is -2.28. The fourth-order valence-electron chi connectivity index (χ4n) is 5.83. The molecule has 8 heteroatoms. The quantitative estimate of drug-likeness (QED) is 0.141. The van der Waals surface area contributed by atoms with Gasteiger partial charge < -0.3 is 24.3 Å². The van der Waals surface area contributed by atoms with Gasteiger partial charge >= 0.3 is 11.9 Å². The molecular formula is C37H45NO7. The summed E-state index contributed by atoms with van der Waals surface area (Å²) in [4.78, 5) is 37.7. The number of carbonyl (C=O) groups excluding carboxylic acids is 3. The summed E-state index contributed by atoms with van der Waals surface area (Å²) in [6.45, 7) is 1.13. The second-order valence-electron chi connectivity index (χ2n) is 11.5. The van der Waals surface area contributed by atoms with Crippen LogP contribution in [-0.2, 0) is 27.1 Å². The van der Waals surface area contributed by atoms with Crippen molar-refractivity contribution in [2.24, 2.45) is 5.92 Å². The Morgan fingerprint density at radius 3 is 2.20 bits per heavy atom. The molecule has 8 nitrogen and oxygen atoms in total. The summed E-state index contributed by atoms with van der Waals surface area (Å²) < 4.78 is 21.7. The highest BCUT2D eigenvalue weighted by atomic mass is 16.5. The van der Waals surface area contributed by atoms with Crippen LogP contribution in [0.15, 0.2) is 72.8 Å². The van der Waals surface area contributed by atoms with E-state index in [2.05, 4.69) is 29.6 Å².